The predicted molar refractivity (Wildman–Crippen MR) is 106 cm³/mol. The molecule has 2 aliphatic rings. The third kappa shape index (κ3) is 2.88. The lowest BCUT2D eigenvalue weighted by Gasteiger charge is -2.33. The van der Waals surface area contributed by atoms with Gasteiger partial charge in [-0.3, -0.25) is 4.68 Å². The third-order valence-electron chi connectivity index (χ3n) is 6.36. The Labute approximate surface area is 163 Å². The molecule has 6 nitrogen and oxygen atoms in total. The number of nitrogens with two attached hydrogens (primary N) is 1. The molecule has 1 aromatic carbocycles. The molecule has 2 N–H and O–H groups in total. The summed E-state index contributed by atoms with van der Waals surface area (Å²) in [6, 6.07) is 14.5. The number of nitrogens with zero attached hydrogens (tertiary/aromatic N) is 4. The molecule has 6 heteroatoms. The van der Waals surface area contributed by atoms with Crippen LogP contribution in [0.1, 0.15) is 43.7 Å². The molecule has 3 aromatic rings. The van der Waals surface area contributed by atoms with Crippen molar-refractivity contribution in [3.05, 3.63) is 48.2 Å². The van der Waals surface area contributed by atoms with Gasteiger partial charge in [-0.05, 0) is 49.1 Å². The van der Waals surface area contributed by atoms with Gasteiger partial charge in [0.15, 0.2) is 5.82 Å². The molecule has 0 radical (unpaired) electrons. The normalized spacial score (nSPS) is 22.8. The Bertz CT molecular complexity index is 1050. The molecule has 0 unspecified atom stereocenters. The van der Waals surface area contributed by atoms with Crippen LogP contribution in [-0.4, -0.2) is 14.8 Å². The molecule has 28 heavy (non-hydrogen) atoms. The molecular weight excluding hydrogens is 350 g/mol. The highest BCUT2D eigenvalue weighted by Gasteiger charge is 2.49. The van der Waals surface area contributed by atoms with Crippen LogP contribution >= 0.6 is 0 Å². The summed E-state index contributed by atoms with van der Waals surface area (Å²) in [5, 5.41) is 15.1. The quantitative estimate of drug-likeness (QED) is 0.739. The largest absolute Gasteiger partial charge is 0.472 e. The van der Waals surface area contributed by atoms with Gasteiger partial charge in [-0.1, -0.05) is 30.3 Å². The zero-order valence-electron chi connectivity index (χ0n) is 15.7. The Morgan fingerprint density at radius 2 is 2.04 bits per heavy atom. The SMILES string of the molecule is N#C[C@H]1CC2(CC[C@@H]1n1nc(N)c3c(OCc4ccccc4)nccc31)CC2. The molecule has 142 valence electrons. The fourth-order valence-electron chi connectivity index (χ4n) is 4.59. The van der Waals surface area contributed by atoms with E-state index in [4.69, 9.17) is 10.5 Å². The van der Waals surface area contributed by atoms with Gasteiger partial charge in [0.2, 0.25) is 5.88 Å². The summed E-state index contributed by atoms with van der Waals surface area (Å²) in [6.07, 6.45) is 7.36. The molecule has 0 saturated heterocycles. The van der Waals surface area contributed by atoms with Crippen LogP contribution in [0, 0.1) is 22.7 Å². The lowest BCUT2D eigenvalue weighted by Crippen LogP contribution is -2.28. The molecule has 0 aliphatic heterocycles. The van der Waals surface area contributed by atoms with Crippen LogP contribution in [0.25, 0.3) is 10.9 Å². The number of nitriles is 1. The topological polar surface area (TPSA) is 89.8 Å². The van der Waals surface area contributed by atoms with Crippen molar-refractivity contribution in [2.75, 3.05) is 5.73 Å². The number of rotatable bonds is 4. The van der Waals surface area contributed by atoms with E-state index in [1.807, 2.05) is 41.1 Å². The van der Waals surface area contributed by atoms with Gasteiger partial charge in [0, 0.05) is 6.20 Å². The van der Waals surface area contributed by atoms with Crippen molar-refractivity contribution in [2.24, 2.45) is 11.3 Å². The summed E-state index contributed by atoms with van der Waals surface area (Å²) in [5.74, 6) is 0.878. The van der Waals surface area contributed by atoms with Crippen molar-refractivity contribution in [3.8, 4) is 11.9 Å². The Hall–Kier alpha value is -3.07. The van der Waals surface area contributed by atoms with E-state index in [2.05, 4.69) is 16.2 Å². The van der Waals surface area contributed by atoms with Gasteiger partial charge in [-0.25, -0.2) is 4.98 Å². The van der Waals surface area contributed by atoms with Crippen LogP contribution in [0.5, 0.6) is 5.88 Å². The van der Waals surface area contributed by atoms with E-state index in [0.717, 1.165) is 29.3 Å². The van der Waals surface area contributed by atoms with E-state index in [9.17, 15) is 5.26 Å². The number of pyridine rings is 1. The van der Waals surface area contributed by atoms with E-state index in [1.165, 1.54) is 19.3 Å². The van der Waals surface area contributed by atoms with Crippen LogP contribution in [0.15, 0.2) is 42.6 Å². The minimum absolute atomic E-state index is 0.0272. The van der Waals surface area contributed by atoms with Gasteiger partial charge >= 0.3 is 0 Å². The molecule has 2 atom stereocenters. The summed E-state index contributed by atoms with van der Waals surface area (Å²) in [4.78, 5) is 4.39. The van der Waals surface area contributed by atoms with Crippen LogP contribution in [0.4, 0.5) is 5.82 Å². The highest BCUT2D eigenvalue weighted by atomic mass is 16.5. The van der Waals surface area contributed by atoms with Gasteiger partial charge in [0.25, 0.3) is 0 Å². The first kappa shape index (κ1) is 17.1. The maximum absolute atomic E-state index is 9.77. The molecule has 2 fully saturated rings. The predicted octanol–water partition coefficient (Wildman–Crippen LogP) is 4.24. The second-order valence-corrected chi connectivity index (χ2v) is 8.16. The average Bonchev–Trinajstić information content (AvgIpc) is 3.40. The van der Waals surface area contributed by atoms with Gasteiger partial charge in [0.1, 0.15) is 12.0 Å². The van der Waals surface area contributed by atoms with Crippen molar-refractivity contribution < 1.29 is 4.74 Å². The van der Waals surface area contributed by atoms with Gasteiger partial charge < -0.3 is 10.5 Å². The van der Waals surface area contributed by atoms with Crippen LogP contribution in [0.3, 0.4) is 0 Å². The van der Waals surface area contributed by atoms with Gasteiger partial charge in [-0.2, -0.15) is 10.4 Å². The van der Waals surface area contributed by atoms with E-state index >= 15 is 0 Å². The number of hydrogen-bond donors (Lipinski definition) is 1. The minimum atomic E-state index is -0.0272. The van der Waals surface area contributed by atoms with E-state index in [0.29, 0.717) is 23.7 Å². The third-order valence-corrected chi connectivity index (χ3v) is 6.36. The number of anilines is 1. The zero-order chi connectivity index (χ0) is 19.1. The second kappa shape index (κ2) is 6.52. The summed E-state index contributed by atoms with van der Waals surface area (Å²) in [7, 11) is 0. The average molecular weight is 373 g/mol. The highest BCUT2D eigenvalue weighted by Crippen LogP contribution is 2.59. The highest BCUT2D eigenvalue weighted by molar-refractivity contribution is 5.93. The second-order valence-electron chi connectivity index (χ2n) is 8.16. The number of ether oxygens (including phenoxy) is 1. The van der Waals surface area contributed by atoms with E-state index in [1.54, 1.807) is 6.20 Å². The number of benzene rings is 1. The standard InChI is InChI=1S/C22H23N5O/c23-13-16-12-22(9-10-22)8-6-17(16)27-18-7-11-25-21(19(18)20(24)26-27)28-14-15-4-2-1-3-5-15/h1-5,7,11,16-17H,6,8-10,12,14H2,(H2,24,26)/t16-,17+/m1/s1. The monoisotopic (exact) mass is 373 g/mol. The summed E-state index contributed by atoms with van der Waals surface area (Å²) in [5.41, 5.74) is 8.66. The zero-order valence-corrected chi connectivity index (χ0v) is 15.7. The number of nitrogen functional groups attached to an aromatic ring is 1. The van der Waals surface area contributed by atoms with E-state index in [-0.39, 0.29) is 12.0 Å². The molecule has 2 saturated carbocycles. The molecule has 2 heterocycles. The Morgan fingerprint density at radius 3 is 2.79 bits per heavy atom. The fourth-order valence-corrected chi connectivity index (χ4v) is 4.59. The fraction of sp³-hybridized carbons (Fsp3) is 0.409. The van der Waals surface area contributed by atoms with Crippen LogP contribution in [-0.2, 0) is 6.61 Å². The van der Waals surface area contributed by atoms with Crippen LogP contribution in [0.2, 0.25) is 0 Å². The van der Waals surface area contributed by atoms with Gasteiger partial charge in [-0.15, -0.1) is 0 Å². The summed E-state index contributed by atoms with van der Waals surface area (Å²) in [6.45, 7) is 0.421. The number of hydrogen-bond acceptors (Lipinski definition) is 5. The smallest absolute Gasteiger partial charge is 0.227 e. The molecule has 0 amide bonds. The first-order valence-corrected chi connectivity index (χ1v) is 9.88. The van der Waals surface area contributed by atoms with Crippen LogP contribution < -0.4 is 10.5 Å². The first-order chi connectivity index (χ1) is 13.7. The summed E-state index contributed by atoms with van der Waals surface area (Å²) >= 11 is 0. The van der Waals surface area contributed by atoms with E-state index < -0.39 is 0 Å². The Kier molecular flexibility index (Phi) is 3.97. The lowest BCUT2D eigenvalue weighted by molar-refractivity contribution is 0.200. The molecule has 2 aliphatic carbocycles. The Balaban J connectivity index is 1.47. The van der Waals surface area contributed by atoms with Crippen molar-refractivity contribution >= 4 is 16.7 Å². The van der Waals surface area contributed by atoms with Crippen molar-refractivity contribution in [2.45, 2.75) is 44.8 Å². The van der Waals surface area contributed by atoms with Gasteiger partial charge in [0.05, 0.1) is 23.5 Å². The van der Waals surface area contributed by atoms with Crippen molar-refractivity contribution in [1.82, 2.24) is 14.8 Å². The molecular formula is C22H23N5O. The van der Waals surface area contributed by atoms with Crippen molar-refractivity contribution in [1.29, 1.82) is 5.26 Å². The molecule has 2 aromatic heterocycles. The Morgan fingerprint density at radius 1 is 1.21 bits per heavy atom. The maximum Gasteiger partial charge on any atom is 0.227 e. The molecule has 1 spiro atoms. The molecule has 5 rings (SSSR count). The maximum atomic E-state index is 9.77. The summed E-state index contributed by atoms with van der Waals surface area (Å²) < 4.78 is 7.92. The lowest BCUT2D eigenvalue weighted by atomic mass is 9.76. The number of fused-ring (bicyclic) bond motifs is 1. The van der Waals surface area contributed by atoms with Crippen molar-refractivity contribution in [3.63, 3.8) is 0 Å². The first-order valence-electron chi connectivity index (χ1n) is 9.88. The number of aromatic nitrogens is 3. The molecule has 0 bridgehead atoms. The minimum Gasteiger partial charge on any atom is -0.472 e.